The summed E-state index contributed by atoms with van der Waals surface area (Å²) in [5.41, 5.74) is 4.99. The van der Waals surface area contributed by atoms with Crippen LogP contribution in [0.2, 0.25) is 0 Å². The van der Waals surface area contributed by atoms with Gasteiger partial charge in [-0.15, -0.1) is 0 Å². The van der Waals surface area contributed by atoms with Crippen molar-refractivity contribution in [3.05, 3.63) is 59.2 Å². The lowest BCUT2D eigenvalue weighted by Gasteiger charge is -2.11. The second kappa shape index (κ2) is 6.28. The molecule has 2 aromatic rings. The van der Waals surface area contributed by atoms with Crippen LogP contribution >= 0.6 is 0 Å². The predicted molar refractivity (Wildman–Crippen MR) is 81.1 cm³/mol. The molecule has 0 bridgehead atoms. The molecule has 0 heterocycles. The third-order valence-electron chi connectivity index (χ3n) is 3.09. The lowest BCUT2D eigenvalue weighted by atomic mass is 10.1. The Bertz CT molecular complexity index is 531. The highest BCUT2D eigenvalue weighted by atomic mass is 16.5. The van der Waals surface area contributed by atoms with Crippen LogP contribution in [0.15, 0.2) is 42.5 Å². The van der Waals surface area contributed by atoms with Crippen molar-refractivity contribution in [3.63, 3.8) is 0 Å². The maximum atomic E-state index is 5.68. The predicted octanol–water partition coefficient (Wildman–Crippen LogP) is 4.10. The van der Waals surface area contributed by atoms with Crippen LogP contribution in [0.5, 0.6) is 5.75 Å². The van der Waals surface area contributed by atoms with Crippen molar-refractivity contribution in [2.24, 2.45) is 0 Å². The summed E-state index contributed by atoms with van der Waals surface area (Å²) in [6.07, 6.45) is 0. The van der Waals surface area contributed by atoms with E-state index in [9.17, 15) is 0 Å². The standard InChI is InChI=1S/C17H21NO/c1-13-4-7-16(8-5-13)19-11-10-18-17-9-6-14(2)12-15(17)3/h4-9,12,18H,10-11H2,1-3H3. The number of hydrogen-bond acceptors (Lipinski definition) is 2. The minimum absolute atomic E-state index is 0.663. The summed E-state index contributed by atoms with van der Waals surface area (Å²) >= 11 is 0. The molecule has 0 aliphatic carbocycles. The number of anilines is 1. The van der Waals surface area contributed by atoms with E-state index in [0.717, 1.165) is 12.3 Å². The molecular formula is C17H21NO. The van der Waals surface area contributed by atoms with E-state index < -0.39 is 0 Å². The summed E-state index contributed by atoms with van der Waals surface area (Å²) in [5.74, 6) is 0.924. The molecular weight excluding hydrogens is 234 g/mol. The largest absolute Gasteiger partial charge is 0.492 e. The Morgan fingerprint density at radius 1 is 0.895 bits per heavy atom. The minimum atomic E-state index is 0.663. The molecule has 0 radical (unpaired) electrons. The smallest absolute Gasteiger partial charge is 0.119 e. The van der Waals surface area contributed by atoms with Gasteiger partial charge >= 0.3 is 0 Å². The fraction of sp³-hybridized carbons (Fsp3) is 0.294. The van der Waals surface area contributed by atoms with Gasteiger partial charge in [-0.05, 0) is 44.5 Å². The summed E-state index contributed by atoms with van der Waals surface area (Å²) in [6, 6.07) is 14.6. The first kappa shape index (κ1) is 13.5. The zero-order valence-corrected chi connectivity index (χ0v) is 11.9. The van der Waals surface area contributed by atoms with Gasteiger partial charge < -0.3 is 10.1 Å². The zero-order valence-electron chi connectivity index (χ0n) is 11.9. The molecule has 2 heteroatoms. The van der Waals surface area contributed by atoms with Crippen molar-refractivity contribution in [1.29, 1.82) is 0 Å². The van der Waals surface area contributed by atoms with Crippen molar-refractivity contribution in [3.8, 4) is 5.75 Å². The van der Waals surface area contributed by atoms with Gasteiger partial charge in [0, 0.05) is 12.2 Å². The normalized spacial score (nSPS) is 10.3. The molecule has 0 aliphatic rings. The van der Waals surface area contributed by atoms with Crippen molar-refractivity contribution in [2.75, 3.05) is 18.5 Å². The fourth-order valence-corrected chi connectivity index (χ4v) is 2.00. The zero-order chi connectivity index (χ0) is 13.7. The molecule has 0 spiro atoms. The van der Waals surface area contributed by atoms with Crippen molar-refractivity contribution in [2.45, 2.75) is 20.8 Å². The maximum absolute atomic E-state index is 5.68. The number of rotatable bonds is 5. The first-order valence-corrected chi connectivity index (χ1v) is 6.66. The summed E-state index contributed by atoms with van der Waals surface area (Å²) in [6.45, 7) is 7.77. The first-order valence-electron chi connectivity index (χ1n) is 6.66. The summed E-state index contributed by atoms with van der Waals surface area (Å²) in [4.78, 5) is 0. The Labute approximate surface area is 115 Å². The Morgan fingerprint density at radius 3 is 2.26 bits per heavy atom. The minimum Gasteiger partial charge on any atom is -0.492 e. The molecule has 2 nitrogen and oxygen atoms in total. The van der Waals surface area contributed by atoms with Crippen LogP contribution in [0.25, 0.3) is 0 Å². The number of ether oxygens (including phenoxy) is 1. The summed E-state index contributed by atoms with van der Waals surface area (Å²) < 4.78 is 5.68. The highest BCUT2D eigenvalue weighted by molar-refractivity contribution is 5.51. The van der Waals surface area contributed by atoms with Crippen molar-refractivity contribution in [1.82, 2.24) is 0 Å². The summed E-state index contributed by atoms with van der Waals surface area (Å²) in [5, 5.41) is 3.40. The van der Waals surface area contributed by atoms with Gasteiger partial charge in [0.05, 0.1) is 0 Å². The molecule has 0 aromatic heterocycles. The highest BCUT2D eigenvalue weighted by Crippen LogP contribution is 2.16. The fourth-order valence-electron chi connectivity index (χ4n) is 2.00. The van der Waals surface area contributed by atoms with Gasteiger partial charge in [-0.1, -0.05) is 35.4 Å². The molecule has 0 saturated heterocycles. The third kappa shape index (κ3) is 4.02. The van der Waals surface area contributed by atoms with Gasteiger partial charge in [0.15, 0.2) is 0 Å². The van der Waals surface area contributed by atoms with E-state index in [0.29, 0.717) is 6.61 Å². The van der Waals surface area contributed by atoms with Gasteiger partial charge in [0.1, 0.15) is 12.4 Å². The van der Waals surface area contributed by atoms with E-state index in [1.54, 1.807) is 0 Å². The number of hydrogen-bond donors (Lipinski definition) is 1. The number of aryl methyl sites for hydroxylation is 3. The molecule has 2 rings (SSSR count). The molecule has 0 unspecified atom stereocenters. The molecule has 2 aromatic carbocycles. The third-order valence-corrected chi connectivity index (χ3v) is 3.09. The topological polar surface area (TPSA) is 21.3 Å². The molecule has 1 N–H and O–H groups in total. The average Bonchev–Trinajstić information content (AvgIpc) is 2.39. The molecule has 0 saturated carbocycles. The first-order chi connectivity index (χ1) is 9.15. The molecule has 0 atom stereocenters. The summed E-state index contributed by atoms with van der Waals surface area (Å²) in [7, 11) is 0. The molecule has 19 heavy (non-hydrogen) atoms. The van der Waals surface area contributed by atoms with E-state index >= 15 is 0 Å². The Balaban J connectivity index is 1.79. The molecule has 0 fully saturated rings. The molecule has 0 amide bonds. The van der Waals surface area contributed by atoms with Crippen LogP contribution in [0, 0.1) is 20.8 Å². The van der Waals surface area contributed by atoms with Crippen LogP contribution in [0.4, 0.5) is 5.69 Å². The van der Waals surface area contributed by atoms with Crippen molar-refractivity contribution < 1.29 is 4.74 Å². The van der Waals surface area contributed by atoms with Crippen LogP contribution in [-0.4, -0.2) is 13.2 Å². The van der Waals surface area contributed by atoms with Gasteiger partial charge in [-0.2, -0.15) is 0 Å². The van der Waals surface area contributed by atoms with E-state index in [-0.39, 0.29) is 0 Å². The van der Waals surface area contributed by atoms with E-state index in [1.807, 2.05) is 12.1 Å². The van der Waals surface area contributed by atoms with Gasteiger partial charge in [0.2, 0.25) is 0 Å². The average molecular weight is 255 g/mol. The highest BCUT2D eigenvalue weighted by Gasteiger charge is 1.98. The monoisotopic (exact) mass is 255 g/mol. The second-order valence-corrected chi connectivity index (χ2v) is 4.91. The second-order valence-electron chi connectivity index (χ2n) is 4.91. The van der Waals surface area contributed by atoms with E-state index in [4.69, 9.17) is 4.74 Å². The van der Waals surface area contributed by atoms with E-state index in [2.05, 4.69) is 56.4 Å². The Morgan fingerprint density at radius 2 is 1.58 bits per heavy atom. The Hall–Kier alpha value is -1.96. The van der Waals surface area contributed by atoms with E-state index in [1.165, 1.54) is 22.4 Å². The molecule has 100 valence electrons. The van der Waals surface area contributed by atoms with Crippen LogP contribution < -0.4 is 10.1 Å². The number of nitrogens with one attached hydrogen (secondary N) is 1. The lowest BCUT2D eigenvalue weighted by molar-refractivity contribution is 0.333. The van der Waals surface area contributed by atoms with Crippen molar-refractivity contribution >= 4 is 5.69 Å². The molecule has 0 aliphatic heterocycles. The van der Waals surface area contributed by atoms with Gasteiger partial charge in [-0.3, -0.25) is 0 Å². The van der Waals surface area contributed by atoms with Gasteiger partial charge in [-0.25, -0.2) is 0 Å². The van der Waals surface area contributed by atoms with Crippen LogP contribution in [-0.2, 0) is 0 Å². The quantitative estimate of drug-likeness (QED) is 0.812. The van der Waals surface area contributed by atoms with Crippen LogP contribution in [0.1, 0.15) is 16.7 Å². The lowest BCUT2D eigenvalue weighted by Crippen LogP contribution is -2.12. The SMILES string of the molecule is Cc1ccc(OCCNc2ccc(C)cc2C)cc1. The van der Waals surface area contributed by atoms with Gasteiger partial charge in [0.25, 0.3) is 0 Å². The maximum Gasteiger partial charge on any atom is 0.119 e. The Kier molecular flexibility index (Phi) is 4.45. The van der Waals surface area contributed by atoms with Crippen LogP contribution in [0.3, 0.4) is 0 Å². The number of benzene rings is 2.